The molecule has 6 heteroatoms. The van der Waals surface area contributed by atoms with Gasteiger partial charge in [-0.25, -0.2) is 12.7 Å². The van der Waals surface area contributed by atoms with Crippen LogP contribution >= 0.6 is 12.6 Å². The molecule has 0 radical (unpaired) electrons. The Morgan fingerprint density at radius 3 is 2.36 bits per heavy atom. The molecule has 0 heterocycles. The summed E-state index contributed by atoms with van der Waals surface area (Å²) in [4.78, 5) is 0.423. The van der Waals surface area contributed by atoms with Gasteiger partial charge >= 0.3 is 0 Å². The fourth-order valence-corrected chi connectivity index (χ4v) is 2.63. The topological polar surface area (TPSA) is 63.4 Å². The average Bonchev–Trinajstić information content (AvgIpc) is 2.02. The van der Waals surface area contributed by atoms with E-state index in [0.717, 1.165) is 4.31 Å². The number of thiol groups is 1. The van der Waals surface area contributed by atoms with Crippen molar-refractivity contribution in [2.75, 3.05) is 19.8 Å². The standard InChI is InChI=1S/C8H12N2O2S2/c1-10(2)14(11,12)8-6(9)4-3-5-7(8)13/h3-5,13H,9H2,1-2H3. The molecule has 0 saturated heterocycles. The highest BCUT2D eigenvalue weighted by molar-refractivity contribution is 7.90. The summed E-state index contributed by atoms with van der Waals surface area (Å²) in [6.07, 6.45) is 0. The van der Waals surface area contributed by atoms with Crippen LogP contribution in [0.5, 0.6) is 0 Å². The second kappa shape index (κ2) is 3.80. The normalized spacial score (nSPS) is 12.0. The Labute approximate surface area is 89.2 Å². The van der Waals surface area contributed by atoms with Gasteiger partial charge in [0.05, 0.1) is 5.69 Å². The van der Waals surface area contributed by atoms with Crippen LogP contribution in [0.3, 0.4) is 0 Å². The third-order valence-electron chi connectivity index (χ3n) is 1.76. The van der Waals surface area contributed by atoms with E-state index < -0.39 is 10.0 Å². The fourth-order valence-electron chi connectivity index (χ4n) is 1.01. The largest absolute Gasteiger partial charge is 0.398 e. The van der Waals surface area contributed by atoms with Crippen LogP contribution in [0.25, 0.3) is 0 Å². The van der Waals surface area contributed by atoms with Gasteiger partial charge in [-0.3, -0.25) is 0 Å². The van der Waals surface area contributed by atoms with Crippen molar-refractivity contribution in [3.63, 3.8) is 0 Å². The van der Waals surface area contributed by atoms with Crippen LogP contribution in [0.4, 0.5) is 5.69 Å². The Hall–Kier alpha value is -0.720. The van der Waals surface area contributed by atoms with Gasteiger partial charge in [0.2, 0.25) is 10.0 Å². The zero-order valence-electron chi connectivity index (χ0n) is 7.93. The van der Waals surface area contributed by atoms with Crippen LogP contribution in [0, 0.1) is 0 Å². The van der Waals surface area contributed by atoms with Gasteiger partial charge in [-0.05, 0) is 12.1 Å². The zero-order valence-corrected chi connectivity index (χ0v) is 9.64. The van der Waals surface area contributed by atoms with Crippen molar-refractivity contribution in [3.05, 3.63) is 18.2 Å². The molecule has 0 amide bonds. The Morgan fingerprint density at radius 1 is 1.36 bits per heavy atom. The highest BCUT2D eigenvalue weighted by Gasteiger charge is 2.22. The maximum absolute atomic E-state index is 11.8. The third kappa shape index (κ3) is 1.87. The predicted molar refractivity (Wildman–Crippen MR) is 59.0 cm³/mol. The van der Waals surface area contributed by atoms with Crippen LogP contribution < -0.4 is 5.73 Å². The Balaban J connectivity index is 3.48. The van der Waals surface area contributed by atoms with Crippen LogP contribution in [0.1, 0.15) is 0 Å². The summed E-state index contributed by atoms with van der Waals surface area (Å²) >= 11 is 4.07. The van der Waals surface area contributed by atoms with E-state index in [1.54, 1.807) is 12.1 Å². The van der Waals surface area contributed by atoms with Gasteiger partial charge < -0.3 is 5.73 Å². The third-order valence-corrected chi connectivity index (χ3v) is 4.22. The van der Waals surface area contributed by atoms with Crippen molar-refractivity contribution in [2.45, 2.75) is 9.79 Å². The molecule has 0 fully saturated rings. The number of sulfonamides is 1. The van der Waals surface area contributed by atoms with E-state index in [2.05, 4.69) is 12.6 Å². The summed E-state index contributed by atoms with van der Waals surface area (Å²) in [7, 11) is -0.600. The van der Waals surface area contributed by atoms with Gasteiger partial charge in [0.15, 0.2) is 0 Å². The van der Waals surface area contributed by atoms with Gasteiger partial charge in [0.25, 0.3) is 0 Å². The highest BCUT2D eigenvalue weighted by atomic mass is 32.2. The summed E-state index contributed by atoms with van der Waals surface area (Å²) in [5.74, 6) is 0. The maximum atomic E-state index is 11.8. The average molecular weight is 232 g/mol. The number of nitrogens with two attached hydrogens (primary N) is 1. The predicted octanol–water partition coefficient (Wildman–Crippen LogP) is 0.808. The van der Waals surface area contributed by atoms with Crippen LogP contribution in [-0.2, 0) is 10.0 Å². The smallest absolute Gasteiger partial charge is 0.245 e. The summed E-state index contributed by atoms with van der Waals surface area (Å²) in [6, 6.07) is 4.79. The van der Waals surface area contributed by atoms with Gasteiger partial charge in [-0.1, -0.05) is 6.07 Å². The Morgan fingerprint density at radius 2 is 1.93 bits per heavy atom. The molecular weight excluding hydrogens is 220 g/mol. The molecule has 0 spiro atoms. The number of nitrogen functional groups attached to an aromatic ring is 1. The van der Waals surface area contributed by atoms with Crippen LogP contribution in [0.2, 0.25) is 0 Å². The SMILES string of the molecule is CN(C)S(=O)(=O)c1c(N)cccc1S. The number of nitrogens with zero attached hydrogens (tertiary/aromatic N) is 1. The van der Waals surface area contributed by atoms with Gasteiger partial charge in [0.1, 0.15) is 4.90 Å². The van der Waals surface area contributed by atoms with E-state index in [9.17, 15) is 8.42 Å². The summed E-state index contributed by atoms with van der Waals surface area (Å²) in [6.45, 7) is 0. The molecule has 2 N–H and O–H groups in total. The number of rotatable bonds is 2. The molecule has 0 saturated carbocycles. The molecule has 1 aromatic carbocycles. The second-order valence-electron chi connectivity index (χ2n) is 2.98. The number of hydrogen-bond donors (Lipinski definition) is 2. The van der Waals surface area contributed by atoms with E-state index in [1.165, 1.54) is 20.2 Å². The molecule has 1 aromatic rings. The maximum Gasteiger partial charge on any atom is 0.245 e. The first-order chi connectivity index (χ1) is 6.37. The van der Waals surface area contributed by atoms with Crippen molar-refractivity contribution in [2.24, 2.45) is 0 Å². The van der Waals surface area contributed by atoms with Crippen LogP contribution in [0.15, 0.2) is 28.0 Å². The number of benzene rings is 1. The van der Waals surface area contributed by atoms with E-state index >= 15 is 0 Å². The van der Waals surface area contributed by atoms with Crippen molar-refractivity contribution in [1.82, 2.24) is 4.31 Å². The Kier molecular flexibility index (Phi) is 3.08. The molecule has 0 aliphatic heterocycles. The van der Waals surface area contributed by atoms with Crippen molar-refractivity contribution in [1.29, 1.82) is 0 Å². The monoisotopic (exact) mass is 232 g/mol. The van der Waals surface area contributed by atoms with Gasteiger partial charge in [-0.15, -0.1) is 12.6 Å². The minimum atomic E-state index is -3.51. The van der Waals surface area contributed by atoms with Crippen molar-refractivity contribution < 1.29 is 8.42 Å². The number of hydrogen-bond acceptors (Lipinski definition) is 4. The lowest BCUT2D eigenvalue weighted by Crippen LogP contribution is -2.23. The van der Waals surface area contributed by atoms with Gasteiger partial charge in [-0.2, -0.15) is 0 Å². The molecule has 0 unspecified atom stereocenters. The molecule has 0 atom stereocenters. The minimum Gasteiger partial charge on any atom is -0.398 e. The zero-order chi connectivity index (χ0) is 10.9. The molecule has 0 bridgehead atoms. The lowest BCUT2D eigenvalue weighted by molar-refractivity contribution is 0.519. The minimum absolute atomic E-state index is 0.0633. The molecule has 78 valence electrons. The molecule has 1 rings (SSSR count). The number of anilines is 1. The van der Waals surface area contributed by atoms with Crippen molar-refractivity contribution in [3.8, 4) is 0 Å². The molecule has 14 heavy (non-hydrogen) atoms. The molecule has 0 aliphatic rings. The quantitative estimate of drug-likeness (QED) is 0.586. The fraction of sp³-hybridized carbons (Fsp3) is 0.250. The molecule has 4 nitrogen and oxygen atoms in total. The van der Waals surface area contributed by atoms with E-state index in [0.29, 0.717) is 4.90 Å². The van der Waals surface area contributed by atoms with Crippen molar-refractivity contribution >= 4 is 28.3 Å². The molecular formula is C8H12N2O2S2. The molecule has 0 aromatic heterocycles. The van der Waals surface area contributed by atoms with E-state index in [4.69, 9.17) is 5.73 Å². The van der Waals surface area contributed by atoms with E-state index in [-0.39, 0.29) is 10.6 Å². The first kappa shape index (κ1) is 11.4. The molecule has 0 aliphatic carbocycles. The summed E-state index contributed by atoms with van der Waals surface area (Å²) < 4.78 is 24.7. The lowest BCUT2D eigenvalue weighted by Gasteiger charge is -2.14. The van der Waals surface area contributed by atoms with Crippen LogP contribution in [-0.4, -0.2) is 26.8 Å². The Bertz CT molecular complexity index is 420. The van der Waals surface area contributed by atoms with Gasteiger partial charge in [0, 0.05) is 19.0 Å². The summed E-state index contributed by atoms with van der Waals surface area (Å²) in [5.41, 5.74) is 5.80. The summed E-state index contributed by atoms with van der Waals surface area (Å²) in [5, 5.41) is 0. The highest BCUT2D eigenvalue weighted by Crippen LogP contribution is 2.27. The lowest BCUT2D eigenvalue weighted by atomic mass is 10.3. The second-order valence-corrected chi connectivity index (χ2v) is 5.55. The van der Waals surface area contributed by atoms with E-state index in [1.807, 2.05) is 0 Å². The first-order valence-electron chi connectivity index (χ1n) is 3.87. The first-order valence-corrected chi connectivity index (χ1v) is 5.76.